The Labute approximate surface area is 134 Å². The summed E-state index contributed by atoms with van der Waals surface area (Å²) in [5.41, 5.74) is 3.05. The quantitative estimate of drug-likeness (QED) is 0.839. The highest BCUT2D eigenvalue weighted by Gasteiger charge is 2.48. The molecule has 3 atom stereocenters. The van der Waals surface area contributed by atoms with Crippen LogP contribution in [0.1, 0.15) is 51.2 Å². The number of hydrogen-bond donors (Lipinski definition) is 1. The average Bonchev–Trinajstić information content (AvgIpc) is 2.50. The highest BCUT2D eigenvalue weighted by Crippen LogP contribution is 2.49. The maximum absolute atomic E-state index is 9.89. The van der Waals surface area contributed by atoms with Gasteiger partial charge in [-0.15, -0.1) is 0 Å². The summed E-state index contributed by atoms with van der Waals surface area (Å²) >= 11 is 0. The molecule has 2 nitrogen and oxygen atoms in total. The molecule has 2 heteroatoms. The predicted molar refractivity (Wildman–Crippen MR) is 92.4 cm³/mol. The standard InChI is InChI=1S/C20H29NO/c1-4-5-6-7-11-21-12-10-20(3)15(2)19(21)13-16-8-9-17(22)14-18(16)20/h5-6,8-9,14-15,19,22H,4,7,10-13H2,1-3H3. The molecule has 1 aliphatic carbocycles. The second-order valence-corrected chi connectivity index (χ2v) is 7.27. The molecule has 0 radical (unpaired) electrons. The van der Waals surface area contributed by atoms with Gasteiger partial charge in [0.25, 0.3) is 0 Å². The highest BCUT2D eigenvalue weighted by molar-refractivity contribution is 5.44. The van der Waals surface area contributed by atoms with Crippen molar-refractivity contribution in [2.24, 2.45) is 5.92 Å². The molecule has 120 valence electrons. The number of aromatic hydroxyl groups is 1. The summed E-state index contributed by atoms with van der Waals surface area (Å²) in [7, 11) is 0. The first-order valence-electron chi connectivity index (χ1n) is 8.77. The van der Waals surface area contributed by atoms with Gasteiger partial charge in [-0.05, 0) is 66.8 Å². The van der Waals surface area contributed by atoms with E-state index in [2.05, 4.69) is 43.9 Å². The average molecular weight is 299 g/mol. The largest absolute Gasteiger partial charge is 0.508 e. The molecular formula is C20H29NO. The van der Waals surface area contributed by atoms with Crippen LogP contribution in [-0.4, -0.2) is 29.1 Å². The SMILES string of the molecule is CCC=CCCN1CCC2(C)c3cc(O)ccc3CC1C2C. The maximum atomic E-state index is 9.89. The summed E-state index contributed by atoms with van der Waals surface area (Å²) in [5.74, 6) is 1.06. The Bertz CT molecular complexity index is 565. The molecule has 2 bridgehead atoms. The Hall–Kier alpha value is -1.28. The Morgan fingerprint density at radius 2 is 2.18 bits per heavy atom. The Kier molecular flexibility index (Phi) is 4.31. The van der Waals surface area contributed by atoms with Crippen molar-refractivity contribution >= 4 is 0 Å². The Morgan fingerprint density at radius 1 is 1.36 bits per heavy atom. The van der Waals surface area contributed by atoms with Gasteiger partial charge >= 0.3 is 0 Å². The van der Waals surface area contributed by atoms with Crippen LogP contribution >= 0.6 is 0 Å². The van der Waals surface area contributed by atoms with Crippen LogP contribution in [0, 0.1) is 5.92 Å². The van der Waals surface area contributed by atoms with Crippen LogP contribution in [0.2, 0.25) is 0 Å². The van der Waals surface area contributed by atoms with Gasteiger partial charge in [-0.2, -0.15) is 0 Å². The van der Waals surface area contributed by atoms with Crippen molar-refractivity contribution in [3.63, 3.8) is 0 Å². The highest BCUT2D eigenvalue weighted by atomic mass is 16.3. The fourth-order valence-electron chi connectivity index (χ4n) is 4.50. The van der Waals surface area contributed by atoms with E-state index in [1.165, 1.54) is 30.6 Å². The summed E-state index contributed by atoms with van der Waals surface area (Å²) in [6.07, 6.45) is 9.22. The van der Waals surface area contributed by atoms with Gasteiger partial charge in [0.2, 0.25) is 0 Å². The van der Waals surface area contributed by atoms with E-state index >= 15 is 0 Å². The Balaban J connectivity index is 1.83. The molecule has 0 aromatic heterocycles. The molecule has 0 spiro atoms. The second kappa shape index (κ2) is 6.08. The lowest BCUT2D eigenvalue weighted by atomic mass is 9.59. The van der Waals surface area contributed by atoms with Gasteiger partial charge in [-0.1, -0.05) is 39.0 Å². The maximum Gasteiger partial charge on any atom is 0.115 e. The van der Waals surface area contributed by atoms with Gasteiger partial charge in [0, 0.05) is 12.6 Å². The topological polar surface area (TPSA) is 23.5 Å². The molecule has 1 saturated heterocycles. The lowest BCUT2D eigenvalue weighted by molar-refractivity contribution is 0.0326. The molecule has 1 aliphatic heterocycles. The summed E-state index contributed by atoms with van der Waals surface area (Å²) in [5, 5.41) is 9.89. The smallest absolute Gasteiger partial charge is 0.115 e. The van der Waals surface area contributed by atoms with Crippen LogP contribution in [0.4, 0.5) is 0 Å². The molecule has 1 fully saturated rings. The van der Waals surface area contributed by atoms with Crippen molar-refractivity contribution in [1.82, 2.24) is 4.90 Å². The first kappa shape index (κ1) is 15.6. The van der Waals surface area contributed by atoms with Gasteiger partial charge in [0.15, 0.2) is 0 Å². The van der Waals surface area contributed by atoms with Gasteiger partial charge in [-0.25, -0.2) is 0 Å². The van der Waals surface area contributed by atoms with E-state index in [4.69, 9.17) is 0 Å². The van der Waals surface area contributed by atoms with Crippen LogP contribution in [-0.2, 0) is 11.8 Å². The van der Waals surface area contributed by atoms with Crippen LogP contribution in [0.3, 0.4) is 0 Å². The number of rotatable bonds is 4. The number of phenolic OH excluding ortho intramolecular Hbond substituents is 1. The van der Waals surface area contributed by atoms with Crippen LogP contribution in [0.5, 0.6) is 5.75 Å². The zero-order valence-corrected chi connectivity index (χ0v) is 14.2. The molecule has 0 amide bonds. The zero-order chi connectivity index (χ0) is 15.7. The molecule has 3 unspecified atom stereocenters. The molecule has 2 aliphatic rings. The summed E-state index contributed by atoms with van der Waals surface area (Å²) < 4.78 is 0. The van der Waals surface area contributed by atoms with E-state index < -0.39 is 0 Å². The van der Waals surface area contributed by atoms with E-state index in [0.29, 0.717) is 17.7 Å². The van der Waals surface area contributed by atoms with E-state index in [1.54, 1.807) is 0 Å². The number of piperidine rings is 1. The van der Waals surface area contributed by atoms with Crippen molar-refractivity contribution in [3.05, 3.63) is 41.5 Å². The zero-order valence-electron chi connectivity index (χ0n) is 14.2. The predicted octanol–water partition coefficient (Wildman–Crippen LogP) is 4.27. The minimum absolute atomic E-state index is 0.215. The van der Waals surface area contributed by atoms with E-state index in [-0.39, 0.29) is 5.41 Å². The molecule has 1 heterocycles. The van der Waals surface area contributed by atoms with E-state index in [1.807, 2.05) is 12.1 Å². The number of phenols is 1. The van der Waals surface area contributed by atoms with Crippen LogP contribution in [0.15, 0.2) is 30.4 Å². The number of benzene rings is 1. The third-order valence-corrected chi connectivity index (χ3v) is 6.09. The Morgan fingerprint density at radius 3 is 2.95 bits per heavy atom. The summed E-state index contributed by atoms with van der Waals surface area (Å²) in [4.78, 5) is 2.70. The van der Waals surface area contributed by atoms with Gasteiger partial charge < -0.3 is 5.11 Å². The fourth-order valence-corrected chi connectivity index (χ4v) is 4.50. The monoisotopic (exact) mass is 299 g/mol. The van der Waals surface area contributed by atoms with Crippen molar-refractivity contribution < 1.29 is 5.11 Å². The molecule has 1 aromatic carbocycles. The lowest BCUT2D eigenvalue weighted by Crippen LogP contribution is -2.58. The van der Waals surface area contributed by atoms with E-state index in [0.717, 1.165) is 19.3 Å². The molecule has 1 aromatic rings. The summed E-state index contributed by atoms with van der Waals surface area (Å²) in [6, 6.07) is 6.65. The van der Waals surface area contributed by atoms with Crippen molar-refractivity contribution in [2.45, 2.75) is 57.9 Å². The number of nitrogens with zero attached hydrogens (tertiary/aromatic N) is 1. The van der Waals surface area contributed by atoms with E-state index in [9.17, 15) is 5.11 Å². The first-order chi connectivity index (χ1) is 10.6. The minimum Gasteiger partial charge on any atom is -0.508 e. The lowest BCUT2D eigenvalue weighted by Gasteiger charge is -2.54. The van der Waals surface area contributed by atoms with Crippen molar-refractivity contribution in [3.8, 4) is 5.75 Å². The molecule has 3 rings (SSSR count). The number of hydrogen-bond acceptors (Lipinski definition) is 2. The molecular weight excluding hydrogens is 270 g/mol. The van der Waals surface area contributed by atoms with Crippen molar-refractivity contribution in [1.29, 1.82) is 0 Å². The van der Waals surface area contributed by atoms with Crippen LogP contribution < -0.4 is 0 Å². The first-order valence-corrected chi connectivity index (χ1v) is 8.77. The molecule has 0 saturated carbocycles. The number of fused-ring (bicyclic) bond motifs is 4. The third-order valence-electron chi connectivity index (χ3n) is 6.09. The van der Waals surface area contributed by atoms with Gasteiger partial charge in [0.1, 0.15) is 5.75 Å². The number of likely N-dealkylation sites (tertiary alicyclic amines) is 1. The molecule has 22 heavy (non-hydrogen) atoms. The molecule has 1 N–H and O–H groups in total. The van der Waals surface area contributed by atoms with Gasteiger partial charge in [0.05, 0.1) is 0 Å². The van der Waals surface area contributed by atoms with Crippen LogP contribution in [0.25, 0.3) is 0 Å². The minimum atomic E-state index is 0.215. The number of allylic oxidation sites excluding steroid dienone is 1. The van der Waals surface area contributed by atoms with Crippen molar-refractivity contribution in [2.75, 3.05) is 13.1 Å². The van der Waals surface area contributed by atoms with Gasteiger partial charge in [-0.3, -0.25) is 4.90 Å². The second-order valence-electron chi connectivity index (χ2n) is 7.27. The third kappa shape index (κ3) is 2.58. The fraction of sp³-hybridized carbons (Fsp3) is 0.600. The summed E-state index contributed by atoms with van der Waals surface area (Å²) in [6.45, 7) is 9.36. The normalized spacial score (nSPS) is 31.4.